The molecule has 29 heavy (non-hydrogen) atoms. The molecule has 0 amide bonds. The SMILES string of the molecule is CCCCCC(O)CC=C1CC[C@H](O)[C@@H]1CCCCCC(CCCCC)C(=O)O. The van der Waals surface area contributed by atoms with Crippen molar-refractivity contribution in [3.63, 3.8) is 0 Å². The lowest BCUT2D eigenvalue weighted by atomic mass is 9.91. The molecule has 0 bridgehead atoms. The maximum absolute atomic E-state index is 11.4. The minimum Gasteiger partial charge on any atom is -0.481 e. The van der Waals surface area contributed by atoms with E-state index in [0.717, 1.165) is 83.5 Å². The third-order valence-corrected chi connectivity index (χ3v) is 6.54. The third-order valence-electron chi connectivity index (χ3n) is 6.54. The first-order valence-electron chi connectivity index (χ1n) is 12.3. The number of carboxylic acid groups (broad SMARTS) is 1. The number of unbranched alkanes of at least 4 members (excludes halogenated alkanes) is 6. The van der Waals surface area contributed by atoms with E-state index in [1.165, 1.54) is 18.4 Å². The molecule has 0 aromatic carbocycles. The van der Waals surface area contributed by atoms with Gasteiger partial charge in [0.15, 0.2) is 0 Å². The first kappa shape index (κ1) is 26.2. The second-order valence-corrected chi connectivity index (χ2v) is 9.05. The molecule has 4 heteroatoms. The fourth-order valence-corrected chi connectivity index (χ4v) is 4.58. The number of carboxylic acids is 1. The highest BCUT2D eigenvalue weighted by Crippen LogP contribution is 2.36. The van der Waals surface area contributed by atoms with Crippen molar-refractivity contribution in [2.75, 3.05) is 0 Å². The highest BCUT2D eigenvalue weighted by atomic mass is 16.4. The number of hydrogen-bond donors (Lipinski definition) is 3. The average molecular weight is 411 g/mol. The summed E-state index contributed by atoms with van der Waals surface area (Å²) in [5, 5.41) is 29.9. The topological polar surface area (TPSA) is 77.8 Å². The van der Waals surface area contributed by atoms with Crippen LogP contribution >= 0.6 is 0 Å². The summed E-state index contributed by atoms with van der Waals surface area (Å²) in [4.78, 5) is 11.4. The number of carbonyl (C=O) groups is 1. The lowest BCUT2D eigenvalue weighted by Gasteiger charge is -2.17. The first-order valence-corrected chi connectivity index (χ1v) is 12.3. The zero-order valence-electron chi connectivity index (χ0n) is 19.0. The summed E-state index contributed by atoms with van der Waals surface area (Å²) in [5.41, 5.74) is 1.33. The molecule has 1 fully saturated rings. The van der Waals surface area contributed by atoms with E-state index < -0.39 is 5.97 Å². The number of aliphatic carboxylic acids is 1. The summed E-state index contributed by atoms with van der Waals surface area (Å²) in [6, 6.07) is 0. The van der Waals surface area contributed by atoms with Crippen molar-refractivity contribution in [1.82, 2.24) is 0 Å². The Kier molecular flexibility index (Phi) is 14.3. The number of aliphatic hydroxyl groups excluding tert-OH is 2. The van der Waals surface area contributed by atoms with Gasteiger partial charge in [0.1, 0.15) is 0 Å². The van der Waals surface area contributed by atoms with Gasteiger partial charge in [0, 0.05) is 5.92 Å². The summed E-state index contributed by atoms with van der Waals surface area (Å²) in [5.74, 6) is -0.601. The van der Waals surface area contributed by atoms with Crippen molar-refractivity contribution in [3.8, 4) is 0 Å². The van der Waals surface area contributed by atoms with Crippen molar-refractivity contribution < 1.29 is 20.1 Å². The number of aliphatic hydroxyl groups is 2. The van der Waals surface area contributed by atoms with Crippen molar-refractivity contribution in [1.29, 1.82) is 0 Å². The molecule has 3 N–H and O–H groups in total. The van der Waals surface area contributed by atoms with Gasteiger partial charge in [-0.05, 0) is 44.9 Å². The highest BCUT2D eigenvalue weighted by molar-refractivity contribution is 5.69. The largest absolute Gasteiger partial charge is 0.481 e. The Morgan fingerprint density at radius 2 is 1.62 bits per heavy atom. The second kappa shape index (κ2) is 15.9. The van der Waals surface area contributed by atoms with Crippen LogP contribution in [-0.4, -0.2) is 33.5 Å². The zero-order chi connectivity index (χ0) is 21.5. The minimum atomic E-state index is -0.643. The first-order chi connectivity index (χ1) is 14.0. The van der Waals surface area contributed by atoms with Gasteiger partial charge in [-0.2, -0.15) is 0 Å². The van der Waals surface area contributed by atoms with Gasteiger partial charge in [-0.3, -0.25) is 4.79 Å². The summed E-state index contributed by atoms with van der Waals surface area (Å²) in [7, 11) is 0. The summed E-state index contributed by atoms with van der Waals surface area (Å²) in [6.45, 7) is 4.32. The average Bonchev–Trinajstić information content (AvgIpc) is 3.04. The fourth-order valence-electron chi connectivity index (χ4n) is 4.58. The van der Waals surface area contributed by atoms with Crippen LogP contribution in [0.25, 0.3) is 0 Å². The highest BCUT2D eigenvalue weighted by Gasteiger charge is 2.29. The molecule has 4 nitrogen and oxygen atoms in total. The van der Waals surface area contributed by atoms with Crippen molar-refractivity contribution >= 4 is 5.97 Å². The van der Waals surface area contributed by atoms with E-state index >= 15 is 0 Å². The quantitative estimate of drug-likeness (QED) is 0.196. The molecule has 1 saturated carbocycles. The van der Waals surface area contributed by atoms with E-state index in [1.54, 1.807) is 0 Å². The lowest BCUT2D eigenvalue weighted by molar-refractivity contribution is -0.142. The van der Waals surface area contributed by atoms with Crippen molar-refractivity contribution in [2.45, 2.75) is 129 Å². The summed E-state index contributed by atoms with van der Waals surface area (Å²) >= 11 is 0. The van der Waals surface area contributed by atoms with E-state index in [1.807, 2.05) is 0 Å². The van der Waals surface area contributed by atoms with E-state index in [9.17, 15) is 20.1 Å². The predicted octanol–water partition coefficient (Wildman–Crippen LogP) is 6.25. The van der Waals surface area contributed by atoms with Crippen LogP contribution < -0.4 is 0 Å². The van der Waals surface area contributed by atoms with E-state index in [0.29, 0.717) is 6.42 Å². The zero-order valence-corrected chi connectivity index (χ0v) is 19.0. The Hall–Kier alpha value is -0.870. The smallest absolute Gasteiger partial charge is 0.306 e. The van der Waals surface area contributed by atoms with Crippen LogP contribution in [0.1, 0.15) is 117 Å². The Labute approximate surface area is 178 Å². The number of hydrogen-bond acceptors (Lipinski definition) is 3. The van der Waals surface area contributed by atoms with Crippen LogP contribution in [-0.2, 0) is 4.79 Å². The molecule has 0 spiro atoms. The molecule has 0 radical (unpaired) electrons. The van der Waals surface area contributed by atoms with Gasteiger partial charge in [0.25, 0.3) is 0 Å². The summed E-state index contributed by atoms with van der Waals surface area (Å²) in [6.07, 6.45) is 17.3. The monoisotopic (exact) mass is 410 g/mol. The molecule has 170 valence electrons. The maximum Gasteiger partial charge on any atom is 0.306 e. The second-order valence-electron chi connectivity index (χ2n) is 9.05. The van der Waals surface area contributed by atoms with Crippen LogP contribution in [0.3, 0.4) is 0 Å². The maximum atomic E-state index is 11.4. The minimum absolute atomic E-state index is 0.191. The molecule has 2 unspecified atom stereocenters. The molecule has 0 saturated heterocycles. The molecule has 1 aliphatic carbocycles. The van der Waals surface area contributed by atoms with E-state index in [4.69, 9.17) is 0 Å². The molecule has 4 atom stereocenters. The van der Waals surface area contributed by atoms with Gasteiger partial charge in [-0.1, -0.05) is 83.3 Å². The molecule has 0 heterocycles. The van der Waals surface area contributed by atoms with Crippen LogP contribution in [0, 0.1) is 11.8 Å². The van der Waals surface area contributed by atoms with Crippen LogP contribution in [0.2, 0.25) is 0 Å². The Morgan fingerprint density at radius 1 is 1.00 bits per heavy atom. The molecular weight excluding hydrogens is 364 g/mol. The molecule has 1 aliphatic rings. The van der Waals surface area contributed by atoms with Gasteiger partial charge < -0.3 is 15.3 Å². The van der Waals surface area contributed by atoms with Crippen LogP contribution in [0.4, 0.5) is 0 Å². The normalized spacial score (nSPS) is 22.8. The van der Waals surface area contributed by atoms with Crippen LogP contribution in [0.5, 0.6) is 0 Å². The van der Waals surface area contributed by atoms with Gasteiger partial charge in [0.2, 0.25) is 0 Å². The Morgan fingerprint density at radius 3 is 2.24 bits per heavy atom. The predicted molar refractivity (Wildman–Crippen MR) is 120 cm³/mol. The molecule has 0 aliphatic heterocycles. The van der Waals surface area contributed by atoms with E-state index in [-0.39, 0.29) is 24.0 Å². The fraction of sp³-hybridized carbons (Fsp3) is 0.880. The van der Waals surface area contributed by atoms with Crippen LogP contribution in [0.15, 0.2) is 11.6 Å². The van der Waals surface area contributed by atoms with Gasteiger partial charge in [-0.15, -0.1) is 0 Å². The van der Waals surface area contributed by atoms with Gasteiger partial charge in [0.05, 0.1) is 18.1 Å². The Balaban J connectivity index is 2.31. The van der Waals surface area contributed by atoms with Crippen molar-refractivity contribution in [2.24, 2.45) is 11.8 Å². The molecule has 0 aromatic heterocycles. The lowest BCUT2D eigenvalue weighted by Crippen LogP contribution is -2.15. The molecular formula is C25H46O4. The molecule has 1 rings (SSSR count). The van der Waals surface area contributed by atoms with E-state index in [2.05, 4.69) is 19.9 Å². The standard InChI is InChI=1S/C25H46O4/c1-3-5-8-12-21(25(28)29)13-10-7-11-15-23-20(17-19-24(23)27)16-18-22(26)14-9-6-4-2/h16,21-24,26-27H,3-15,17-19H2,1-2H3,(H,28,29)/t21?,22?,23-,24+/m1/s1. The number of rotatable bonds is 17. The van der Waals surface area contributed by atoms with Crippen molar-refractivity contribution in [3.05, 3.63) is 11.6 Å². The van der Waals surface area contributed by atoms with Gasteiger partial charge >= 0.3 is 5.97 Å². The third kappa shape index (κ3) is 11.2. The summed E-state index contributed by atoms with van der Waals surface area (Å²) < 4.78 is 0. The Bertz CT molecular complexity index is 460. The molecule has 0 aromatic rings. The van der Waals surface area contributed by atoms with Gasteiger partial charge in [-0.25, -0.2) is 0 Å².